The van der Waals surface area contributed by atoms with E-state index in [-0.39, 0.29) is 11.6 Å². The minimum Gasteiger partial charge on any atom is -0.453 e. The van der Waals surface area contributed by atoms with Crippen LogP contribution < -0.4 is 15.8 Å². The lowest BCUT2D eigenvalue weighted by atomic mass is 10.2. The number of aromatic nitrogens is 3. The minimum absolute atomic E-state index is 0.130. The first-order valence-corrected chi connectivity index (χ1v) is 13.1. The molecule has 3 N–H and O–H groups in total. The van der Waals surface area contributed by atoms with Gasteiger partial charge in [0.2, 0.25) is 0 Å². The monoisotopic (exact) mass is 535 g/mol. The van der Waals surface area contributed by atoms with Gasteiger partial charge in [0.15, 0.2) is 11.6 Å². The summed E-state index contributed by atoms with van der Waals surface area (Å²) in [5, 5.41) is 3.04. The van der Waals surface area contributed by atoms with E-state index < -0.39 is 5.82 Å². The number of nitrogens with one attached hydrogen (secondary N) is 1. The van der Waals surface area contributed by atoms with Crippen molar-refractivity contribution in [3.63, 3.8) is 0 Å². The van der Waals surface area contributed by atoms with Gasteiger partial charge in [-0.05, 0) is 62.6 Å². The fraction of sp³-hybridized carbons (Fsp3) is 0.172. The number of nitrogens with two attached hydrogens (primary N) is 1. The van der Waals surface area contributed by atoms with E-state index in [1.807, 2.05) is 43.1 Å². The largest absolute Gasteiger partial charge is 0.453 e. The Bertz CT molecular complexity index is 1370. The van der Waals surface area contributed by atoms with E-state index in [1.54, 1.807) is 42.7 Å². The van der Waals surface area contributed by atoms with Crippen LogP contribution in [-0.2, 0) is 7.05 Å². The van der Waals surface area contributed by atoms with Crippen LogP contribution in [-0.4, -0.2) is 27.3 Å². The molecule has 0 atom stereocenters. The lowest BCUT2D eigenvalue weighted by molar-refractivity contribution is 0.433. The molecule has 0 aliphatic carbocycles. The fourth-order valence-electron chi connectivity index (χ4n) is 3.30. The smallest absolute Gasteiger partial charge is 0.167 e. The molecule has 0 saturated heterocycles. The van der Waals surface area contributed by atoms with Gasteiger partial charge in [0.1, 0.15) is 17.4 Å². The Morgan fingerprint density at radius 3 is 2.45 bits per heavy atom. The summed E-state index contributed by atoms with van der Waals surface area (Å²) in [6.45, 7) is 6.27. The lowest BCUT2D eigenvalue weighted by Crippen LogP contribution is -2.06. The van der Waals surface area contributed by atoms with Gasteiger partial charge in [-0.25, -0.2) is 13.8 Å². The van der Waals surface area contributed by atoms with Gasteiger partial charge in [-0.15, -0.1) is 11.8 Å². The van der Waals surface area contributed by atoms with Gasteiger partial charge in [-0.2, -0.15) is 0 Å². The first-order chi connectivity index (χ1) is 18.3. The summed E-state index contributed by atoms with van der Waals surface area (Å²) in [6, 6.07) is 12.8. The normalized spacial score (nSPS) is 10.7. The van der Waals surface area contributed by atoms with Gasteiger partial charge in [-0.1, -0.05) is 24.3 Å². The molecule has 2 heterocycles. The second-order valence-electron chi connectivity index (χ2n) is 8.27. The molecular formula is C29H31F2N5OS. The summed E-state index contributed by atoms with van der Waals surface area (Å²) < 4.78 is 34.5. The Hall–Kier alpha value is -3.95. The molecule has 0 radical (unpaired) electrons. The zero-order valence-corrected chi connectivity index (χ0v) is 22.4. The van der Waals surface area contributed by atoms with Crippen molar-refractivity contribution in [1.29, 1.82) is 0 Å². The highest BCUT2D eigenvalue weighted by Crippen LogP contribution is 2.35. The van der Waals surface area contributed by atoms with Crippen molar-refractivity contribution in [3.8, 4) is 11.5 Å². The van der Waals surface area contributed by atoms with Crippen LogP contribution >= 0.6 is 11.8 Å². The SMILES string of the molecule is C=C(CCN)Nc1ccc(Oc2ccnc(/C=C/c3nccn3C)c2SC)c(F)c1.Cc1ccc(F)cc1. The standard InChI is InChI=1S/C22H24FN5OS.C7H7F/c1-15(8-10-24)27-16-4-6-19(17(23)14-16)29-20-9-11-25-18(22(20)30-3)5-7-21-26-12-13-28(21)2;1-6-2-4-7(8)5-3-6/h4-7,9,11-14,27H,1,8,10,24H2,2-3H3;2-5H,1H3/b7-5+;. The van der Waals surface area contributed by atoms with Gasteiger partial charge in [0, 0.05) is 49.2 Å². The quantitative estimate of drug-likeness (QED) is 0.224. The van der Waals surface area contributed by atoms with Crippen molar-refractivity contribution in [2.24, 2.45) is 12.8 Å². The zero-order chi connectivity index (χ0) is 27.5. The highest BCUT2D eigenvalue weighted by atomic mass is 32.2. The Kier molecular flexibility index (Phi) is 10.6. The third kappa shape index (κ3) is 8.29. The topological polar surface area (TPSA) is 78.0 Å². The van der Waals surface area contributed by atoms with Crippen molar-refractivity contribution in [3.05, 3.63) is 108 Å². The number of nitrogens with zero attached hydrogens (tertiary/aromatic N) is 3. The number of benzene rings is 2. The van der Waals surface area contributed by atoms with E-state index in [1.165, 1.54) is 30.0 Å². The number of rotatable bonds is 9. The maximum absolute atomic E-state index is 14.6. The van der Waals surface area contributed by atoms with Crippen LogP contribution in [0.4, 0.5) is 14.5 Å². The Labute approximate surface area is 226 Å². The molecule has 198 valence electrons. The van der Waals surface area contributed by atoms with Gasteiger partial charge < -0.3 is 20.4 Å². The van der Waals surface area contributed by atoms with Crippen LogP contribution in [0, 0.1) is 18.6 Å². The van der Waals surface area contributed by atoms with Crippen LogP contribution in [0.3, 0.4) is 0 Å². The second kappa shape index (κ2) is 14.1. The van der Waals surface area contributed by atoms with Gasteiger partial charge >= 0.3 is 0 Å². The molecule has 4 aromatic rings. The highest BCUT2D eigenvalue weighted by Gasteiger charge is 2.13. The molecule has 0 aliphatic heterocycles. The second-order valence-corrected chi connectivity index (χ2v) is 9.08. The molecule has 0 amide bonds. The van der Waals surface area contributed by atoms with Crippen molar-refractivity contribution < 1.29 is 13.5 Å². The summed E-state index contributed by atoms with van der Waals surface area (Å²) in [5.41, 5.74) is 8.64. The lowest BCUT2D eigenvalue weighted by Gasteiger charge is -2.14. The van der Waals surface area contributed by atoms with E-state index in [4.69, 9.17) is 10.5 Å². The molecule has 0 bridgehead atoms. The zero-order valence-electron chi connectivity index (χ0n) is 21.6. The first-order valence-electron chi connectivity index (χ1n) is 11.8. The van der Waals surface area contributed by atoms with Gasteiger partial charge in [0.05, 0.1) is 10.6 Å². The molecule has 0 spiro atoms. The van der Waals surface area contributed by atoms with Crippen LogP contribution in [0.25, 0.3) is 12.2 Å². The fourth-order valence-corrected chi connectivity index (χ4v) is 3.94. The van der Waals surface area contributed by atoms with Crippen LogP contribution in [0.1, 0.15) is 23.5 Å². The average Bonchev–Trinajstić information content (AvgIpc) is 3.31. The molecule has 0 saturated carbocycles. The highest BCUT2D eigenvalue weighted by molar-refractivity contribution is 7.98. The third-order valence-corrected chi connectivity index (χ3v) is 6.10. The van der Waals surface area contributed by atoms with Crippen molar-refractivity contribution in [1.82, 2.24) is 14.5 Å². The van der Waals surface area contributed by atoms with E-state index in [0.717, 1.165) is 27.7 Å². The summed E-state index contributed by atoms with van der Waals surface area (Å²) >= 11 is 1.48. The van der Waals surface area contributed by atoms with E-state index in [0.29, 0.717) is 24.4 Å². The number of aryl methyl sites for hydroxylation is 2. The Morgan fingerprint density at radius 2 is 1.84 bits per heavy atom. The van der Waals surface area contributed by atoms with Crippen LogP contribution in [0.15, 0.2) is 84.3 Å². The molecule has 0 aliphatic rings. The van der Waals surface area contributed by atoms with Crippen molar-refractivity contribution in [2.75, 3.05) is 18.1 Å². The molecule has 6 nitrogen and oxygen atoms in total. The summed E-state index contributed by atoms with van der Waals surface area (Å²) in [7, 11) is 1.92. The number of thioether (sulfide) groups is 1. The predicted molar refractivity (Wildman–Crippen MR) is 152 cm³/mol. The molecular weight excluding hydrogens is 504 g/mol. The maximum Gasteiger partial charge on any atom is 0.167 e. The first kappa shape index (κ1) is 28.6. The summed E-state index contributed by atoms with van der Waals surface area (Å²) in [6.07, 6.45) is 11.5. The van der Waals surface area contributed by atoms with Gasteiger partial charge in [0.25, 0.3) is 0 Å². The third-order valence-electron chi connectivity index (χ3n) is 5.28. The molecule has 0 fully saturated rings. The molecule has 0 unspecified atom stereocenters. The number of hydrogen-bond donors (Lipinski definition) is 2. The molecule has 4 rings (SSSR count). The van der Waals surface area contributed by atoms with Crippen LogP contribution in [0.5, 0.6) is 11.5 Å². The maximum atomic E-state index is 14.6. The molecule has 9 heteroatoms. The van der Waals surface area contributed by atoms with Crippen molar-refractivity contribution >= 4 is 29.6 Å². The summed E-state index contributed by atoms with van der Waals surface area (Å²) in [4.78, 5) is 9.50. The molecule has 2 aromatic carbocycles. The predicted octanol–water partition coefficient (Wildman–Crippen LogP) is 7.05. The van der Waals surface area contributed by atoms with E-state index in [2.05, 4.69) is 21.9 Å². The summed E-state index contributed by atoms with van der Waals surface area (Å²) in [5.74, 6) is 0.820. The van der Waals surface area contributed by atoms with Gasteiger partial charge in [-0.3, -0.25) is 4.98 Å². The Balaban J connectivity index is 0.000000427. The number of anilines is 1. The van der Waals surface area contributed by atoms with E-state index in [9.17, 15) is 8.78 Å². The number of hydrogen-bond acceptors (Lipinski definition) is 6. The van der Waals surface area contributed by atoms with Crippen LogP contribution in [0.2, 0.25) is 0 Å². The number of halogens is 2. The van der Waals surface area contributed by atoms with E-state index >= 15 is 0 Å². The van der Waals surface area contributed by atoms with Crippen molar-refractivity contribution in [2.45, 2.75) is 18.2 Å². The average molecular weight is 536 g/mol. The number of pyridine rings is 1. The Morgan fingerprint density at radius 1 is 1.08 bits per heavy atom. The molecule has 38 heavy (non-hydrogen) atoms. The number of ether oxygens (including phenoxy) is 1. The minimum atomic E-state index is -0.477. The number of imidazole rings is 1. The molecule has 2 aromatic heterocycles.